The molecule has 6 heteroatoms. The van der Waals surface area contributed by atoms with Gasteiger partial charge in [0.15, 0.2) is 0 Å². The number of phenolic OH excluding ortho intramolecular Hbond substituents is 2. The molecule has 0 fully saturated rings. The van der Waals surface area contributed by atoms with E-state index in [0.717, 1.165) is 5.56 Å². The van der Waals surface area contributed by atoms with Crippen molar-refractivity contribution in [3.05, 3.63) is 59.7 Å². The fraction of sp³-hybridized carbons (Fsp3) is 0. The van der Waals surface area contributed by atoms with Gasteiger partial charge in [-0.2, -0.15) is 4.99 Å². The quantitative estimate of drug-likeness (QED) is 0.430. The van der Waals surface area contributed by atoms with Crippen LogP contribution in [0.2, 0.25) is 0 Å². The van der Waals surface area contributed by atoms with Crippen LogP contribution in [0, 0.1) is 0 Å². The predicted octanol–water partition coefficient (Wildman–Crippen LogP) is 1.18. The number of nitrogens with one attached hydrogen (secondary N) is 1. The molecule has 5 N–H and O–H groups in total. The Kier molecular flexibility index (Phi) is 4.43. The zero-order valence-corrected chi connectivity index (χ0v) is 11.4. The van der Waals surface area contributed by atoms with Gasteiger partial charge in [0.25, 0.3) is 0 Å². The van der Waals surface area contributed by atoms with E-state index in [1.54, 1.807) is 18.2 Å². The van der Waals surface area contributed by atoms with Crippen LogP contribution < -0.4 is 4.99 Å². The third-order valence-corrected chi connectivity index (χ3v) is 2.82. The maximum Gasteiger partial charge on any atom is 0.364 e. The van der Waals surface area contributed by atoms with Gasteiger partial charge in [-0.05, 0) is 35.9 Å². The van der Waals surface area contributed by atoms with E-state index >= 15 is 0 Å². The van der Waals surface area contributed by atoms with Crippen LogP contribution in [0.5, 0.6) is 11.5 Å². The van der Waals surface area contributed by atoms with Crippen LogP contribution in [0.1, 0.15) is 15.9 Å². The van der Waals surface area contributed by atoms with Gasteiger partial charge >= 0.3 is 11.9 Å². The molecule has 2 aromatic rings. The summed E-state index contributed by atoms with van der Waals surface area (Å²) in [4.78, 5) is 13.6. The molecule has 0 bridgehead atoms. The fourth-order valence-corrected chi connectivity index (χ4v) is 1.76. The minimum Gasteiger partial charge on any atom is -0.508 e. The van der Waals surface area contributed by atoms with Crippen molar-refractivity contribution < 1.29 is 30.2 Å². The molecular weight excluding hydrogens is 286 g/mol. The zero-order chi connectivity index (χ0) is 16.1. The number of carboxylic acid groups (broad SMARTS) is 1. The normalized spacial score (nSPS) is 11.7. The van der Waals surface area contributed by atoms with Crippen LogP contribution in [-0.2, 0) is 0 Å². The molecule has 0 aliphatic heterocycles. The number of carboxylic acids is 1. The number of rotatable bonds is 4. The number of hydrogen-bond donors (Lipinski definition) is 5. The molecule has 0 atom stereocenters. The number of aliphatic hydroxyl groups is 1. The van der Waals surface area contributed by atoms with Crippen molar-refractivity contribution in [1.82, 2.24) is 0 Å². The van der Waals surface area contributed by atoms with Crippen molar-refractivity contribution in [2.75, 3.05) is 0 Å². The Morgan fingerprint density at radius 3 is 2.23 bits per heavy atom. The SMILES string of the molecule is O=C(O)c1ccc(O)cc1[NH+]=C(O)/C=C/c1ccc(O)cc1. The predicted molar refractivity (Wildman–Crippen MR) is 80.5 cm³/mol. The summed E-state index contributed by atoms with van der Waals surface area (Å²) in [6.45, 7) is 0. The summed E-state index contributed by atoms with van der Waals surface area (Å²) in [6.07, 6.45) is 2.91. The average Bonchev–Trinajstić information content (AvgIpc) is 2.46. The molecule has 112 valence electrons. The van der Waals surface area contributed by atoms with E-state index in [2.05, 4.69) is 4.99 Å². The minimum absolute atomic E-state index is 0.0698. The van der Waals surface area contributed by atoms with Gasteiger partial charge < -0.3 is 20.4 Å². The summed E-state index contributed by atoms with van der Waals surface area (Å²) in [5.41, 5.74) is 0.725. The first-order valence-electron chi connectivity index (χ1n) is 6.32. The van der Waals surface area contributed by atoms with Crippen molar-refractivity contribution in [3.8, 4) is 11.5 Å². The summed E-state index contributed by atoms with van der Waals surface area (Å²) < 4.78 is 0. The molecule has 0 saturated carbocycles. The standard InChI is InChI=1S/C16H13NO5/c18-11-4-1-10(2-5-11)3-8-15(20)17-14-9-12(19)6-7-13(14)16(21)22/h1-9,18-19H,(H,17,20)(H,21,22)/p+1/b8-3+. The molecule has 0 unspecified atom stereocenters. The molecule has 6 nitrogen and oxygen atoms in total. The summed E-state index contributed by atoms with van der Waals surface area (Å²) >= 11 is 0. The Hall–Kier alpha value is -3.28. The lowest BCUT2D eigenvalue weighted by Crippen LogP contribution is -2.66. The lowest BCUT2D eigenvalue weighted by Gasteiger charge is -1.97. The topological polar surface area (TPSA) is 112 Å². The first kappa shape index (κ1) is 15.1. The molecule has 0 aliphatic rings. The van der Waals surface area contributed by atoms with Crippen molar-refractivity contribution in [1.29, 1.82) is 0 Å². The van der Waals surface area contributed by atoms with Gasteiger partial charge in [0.1, 0.15) is 17.1 Å². The fourth-order valence-electron chi connectivity index (χ4n) is 1.76. The highest BCUT2D eigenvalue weighted by atomic mass is 16.4. The number of carbonyl (C=O) groups is 1. The zero-order valence-electron chi connectivity index (χ0n) is 11.4. The number of benzene rings is 2. The van der Waals surface area contributed by atoms with Gasteiger partial charge in [-0.1, -0.05) is 12.1 Å². The van der Waals surface area contributed by atoms with Crippen LogP contribution in [-0.4, -0.2) is 32.3 Å². The van der Waals surface area contributed by atoms with Gasteiger partial charge in [0, 0.05) is 0 Å². The van der Waals surface area contributed by atoms with Crippen molar-refractivity contribution in [2.45, 2.75) is 0 Å². The van der Waals surface area contributed by atoms with Crippen LogP contribution in [0.3, 0.4) is 0 Å². The molecule has 0 heterocycles. The molecule has 0 aromatic heterocycles. The second kappa shape index (κ2) is 6.45. The second-order valence-electron chi connectivity index (χ2n) is 4.47. The maximum absolute atomic E-state index is 11.1. The van der Waals surface area contributed by atoms with Gasteiger partial charge in [0.05, 0.1) is 12.1 Å². The lowest BCUT2D eigenvalue weighted by molar-refractivity contribution is -0.364. The highest BCUT2D eigenvalue weighted by Gasteiger charge is 2.15. The van der Waals surface area contributed by atoms with Crippen LogP contribution in [0.15, 0.2) is 48.5 Å². The smallest absolute Gasteiger partial charge is 0.364 e. The summed E-state index contributed by atoms with van der Waals surface area (Å²) in [6, 6.07) is 9.99. The molecule has 22 heavy (non-hydrogen) atoms. The van der Waals surface area contributed by atoms with E-state index in [0.29, 0.717) is 0 Å². The summed E-state index contributed by atoms with van der Waals surface area (Å²) in [7, 11) is 0. The van der Waals surface area contributed by atoms with Crippen LogP contribution in [0.4, 0.5) is 5.69 Å². The summed E-state index contributed by atoms with van der Waals surface area (Å²) in [5.74, 6) is -1.46. The Morgan fingerprint density at radius 2 is 1.59 bits per heavy atom. The van der Waals surface area contributed by atoms with Gasteiger partial charge in [0.2, 0.25) is 5.69 Å². The Morgan fingerprint density at radius 1 is 0.955 bits per heavy atom. The molecular formula is C16H14NO5+. The number of hydrogen-bond acceptors (Lipinski definition) is 3. The third kappa shape index (κ3) is 3.86. The lowest BCUT2D eigenvalue weighted by atomic mass is 10.1. The van der Waals surface area contributed by atoms with E-state index < -0.39 is 5.97 Å². The van der Waals surface area contributed by atoms with Crippen LogP contribution in [0.25, 0.3) is 6.08 Å². The van der Waals surface area contributed by atoms with Gasteiger partial charge in [-0.25, -0.2) is 4.79 Å². The highest BCUT2D eigenvalue weighted by molar-refractivity contribution is 5.93. The number of aromatic carboxylic acids is 1. The molecule has 2 rings (SSSR count). The molecule has 0 aliphatic carbocycles. The first-order chi connectivity index (χ1) is 10.5. The monoisotopic (exact) mass is 300 g/mol. The maximum atomic E-state index is 11.1. The van der Waals surface area contributed by atoms with E-state index in [1.165, 1.54) is 36.4 Å². The number of phenols is 2. The molecule has 0 saturated heterocycles. The van der Waals surface area contributed by atoms with E-state index in [4.69, 9.17) is 10.2 Å². The second-order valence-corrected chi connectivity index (χ2v) is 4.47. The highest BCUT2D eigenvalue weighted by Crippen LogP contribution is 2.17. The molecule has 2 aromatic carbocycles. The van der Waals surface area contributed by atoms with E-state index in [-0.39, 0.29) is 28.6 Å². The minimum atomic E-state index is -1.18. The first-order valence-corrected chi connectivity index (χ1v) is 6.32. The van der Waals surface area contributed by atoms with Gasteiger partial charge in [-0.15, -0.1) is 0 Å². The third-order valence-electron chi connectivity index (χ3n) is 2.82. The van der Waals surface area contributed by atoms with Gasteiger partial charge in [-0.3, -0.25) is 0 Å². The molecule has 0 amide bonds. The summed E-state index contributed by atoms with van der Waals surface area (Å²) in [5, 5.41) is 37.4. The number of aliphatic hydroxyl groups excluding tert-OH is 1. The number of aromatic hydroxyl groups is 2. The van der Waals surface area contributed by atoms with Crippen LogP contribution >= 0.6 is 0 Å². The molecule has 0 radical (unpaired) electrons. The van der Waals surface area contributed by atoms with E-state index in [1.807, 2.05) is 0 Å². The van der Waals surface area contributed by atoms with Crippen molar-refractivity contribution in [3.63, 3.8) is 0 Å². The Labute approximate surface area is 125 Å². The largest absolute Gasteiger partial charge is 0.508 e. The van der Waals surface area contributed by atoms with Crippen molar-refractivity contribution in [2.24, 2.45) is 0 Å². The average molecular weight is 300 g/mol. The Bertz CT molecular complexity index is 748. The Balaban J connectivity index is 2.27. The molecule has 0 spiro atoms. The van der Waals surface area contributed by atoms with E-state index in [9.17, 15) is 15.0 Å². The van der Waals surface area contributed by atoms with Crippen molar-refractivity contribution >= 4 is 23.6 Å².